The molecule has 0 saturated heterocycles. The van der Waals surface area contributed by atoms with Crippen LogP contribution >= 0.6 is 0 Å². The third-order valence-corrected chi connectivity index (χ3v) is 3.65. The Morgan fingerprint density at radius 2 is 1.54 bits per heavy atom. The van der Waals surface area contributed by atoms with Crippen LogP contribution in [-0.4, -0.2) is 3.21 Å². The molecule has 0 heterocycles. The predicted molar refractivity (Wildman–Crippen MR) is 101 cm³/mol. The molecule has 0 nitrogen and oxygen atoms in total. The second-order valence-electron chi connectivity index (χ2n) is 6.33. The van der Waals surface area contributed by atoms with Crippen LogP contribution in [0.4, 0.5) is 0 Å². The number of hydrogen-bond acceptors (Lipinski definition) is 0. The predicted octanol–water partition coefficient (Wildman–Crippen LogP) is -0.166. The number of fused-ring (bicyclic) bond motifs is 3. The first-order valence-corrected chi connectivity index (χ1v) is 9.50. The van der Waals surface area contributed by atoms with E-state index in [-0.39, 0.29) is 24.8 Å². The van der Waals surface area contributed by atoms with E-state index < -0.39 is 0 Å². The van der Waals surface area contributed by atoms with Crippen molar-refractivity contribution in [2.75, 3.05) is 0 Å². The van der Waals surface area contributed by atoms with Crippen LogP contribution in [0.3, 0.4) is 0 Å². The molecule has 26 heavy (non-hydrogen) atoms. The van der Waals surface area contributed by atoms with Gasteiger partial charge in [-0.05, 0) is 18.9 Å². The van der Waals surface area contributed by atoms with Crippen molar-refractivity contribution in [2.24, 2.45) is 0 Å². The Morgan fingerprint density at radius 1 is 0.962 bits per heavy atom. The second kappa shape index (κ2) is 12.5. The van der Waals surface area contributed by atoms with Crippen molar-refractivity contribution < 1.29 is 49.0 Å². The van der Waals surface area contributed by atoms with E-state index in [0.29, 0.717) is 0 Å². The summed E-state index contributed by atoms with van der Waals surface area (Å²) in [5.74, 6) is 0. The SMILES string of the molecule is C[C](C)=[Zr+2].Cc1[c-]c2c(cc1)-c1ccc(C)cc1C2.[Cl-].[Cl-].c1cc[cH-]c1. The molecular formula is C23H24Cl2Zr-2. The van der Waals surface area contributed by atoms with E-state index in [0.717, 1.165) is 6.42 Å². The molecule has 0 amide bonds. The number of benzene rings is 2. The Hall–Kier alpha value is -0.877. The largest absolute Gasteiger partial charge is 1.00 e. The Morgan fingerprint density at radius 3 is 2.08 bits per heavy atom. The van der Waals surface area contributed by atoms with Crippen molar-refractivity contribution >= 4 is 3.21 Å². The van der Waals surface area contributed by atoms with Gasteiger partial charge in [-0.1, -0.05) is 36.2 Å². The van der Waals surface area contributed by atoms with Crippen molar-refractivity contribution in [3.63, 3.8) is 0 Å². The summed E-state index contributed by atoms with van der Waals surface area (Å²) >= 11 is 1.55. The maximum Gasteiger partial charge on any atom is -0.0253 e. The summed E-state index contributed by atoms with van der Waals surface area (Å²) in [6.45, 7) is 8.50. The van der Waals surface area contributed by atoms with Crippen molar-refractivity contribution in [1.29, 1.82) is 0 Å². The zero-order valence-corrected chi connectivity index (χ0v) is 19.7. The first kappa shape index (κ1) is 25.1. The average Bonchev–Trinajstić information content (AvgIpc) is 3.16. The van der Waals surface area contributed by atoms with E-state index in [2.05, 4.69) is 64.1 Å². The van der Waals surface area contributed by atoms with Gasteiger partial charge in [0, 0.05) is 0 Å². The summed E-state index contributed by atoms with van der Waals surface area (Å²) in [6, 6.07) is 24.5. The first-order chi connectivity index (χ1) is 11.5. The molecular weight excluding hydrogens is 438 g/mol. The Bertz CT molecular complexity index is 734. The van der Waals surface area contributed by atoms with E-state index in [9.17, 15) is 0 Å². The molecule has 1 aliphatic rings. The van der Waals surface area contributed by atoms with Crippen LogP contribution < -0.4 is 24.8 Å². The average molecular weight is 463 g/mol. The van der Waals surface area contributed by atoms with Gasteiger partial charge in [0.25, 0.3) is 0 Å². The Labute approximate surface area is 185 Å². The number of rotatable bonds is 0. The van der Waals surface area contributed by atoms with Gasteiger partial charge < -0.3 is 24.8 Å². The number of aryl methyl sites for hydroxylation is 2. The quantitative estimate of drug-likeness (QED) is 0.319. The van der Waals surface area contributed by atoms with E-state index in [1.807, 2.05) is 30.3 Å². The molecule has 0 atom stereocenters. The third kappa shape index (κ3) is 7.79. The molecule has 3 aromatic carbocycles. The minimum Gasteiger partial charge on any atom is -1.00 e. The normalized spacial score (nSPS) is 9.77. The summed E-state index contributed by atoms with van der Waals surface area (Å²) in [5, 5.41) is 0. The van der Waals surface area contributed by atoms with Crippen LogP contribution in [0, 0.1) is 19.9 Å². The van der Waals surface area contributed by atoms with Gasteiger partial charge in [-0.15, -0.1) is 11.1 Å². The van der Waals surface area contributed by atoms with Crippen molar-refractivity contribution in [3.8, 4) is 11.1 Å². The molecule has 0 aliphatic heterocycles. The zero-order chi connectivity index (χ0) is 17.5. The molecule has 0 bridgehead atoms. The number of halogens is 2. The van der Waals surface area contributed by atoms with Crippen molar-refractivity contribution in [1.82, 2.24) is 0 Å². The van der Waals surface area contributed by atoms with Crippen molar-refractivity contribution in [2.45, 2.75) is 34.1 Å². The molecule has 4 rings (SSSR count). The van der Waals surface area contributed by atoms with E-state index in [4.69, 9.17) is 0 Å². The van der Waals surface area contributed by atoms with Crippen LogP contribution in [0.15, 0.2) is 60.7 Å². The molecule has 0 unspecified atom stereocenters. The Kier molecular flexibility index (Phi) is 12.1. The second-order valence-corrected chi connectivity index (χ2v) is 8.79. The molecule has 0 saturated carbocycles. The van der Waals surface area contributed by atoms with Gasteiger partial charge in [0.05, 0.1) is 0 Å². The first-order valence-electron chi connectivity index (χ1n) is 8.27. The number of hydrogen-bond donors (Lipinski definition) is 0. The minimum atomic E-state index is 0. The topological polar surface area (TPSA) is 0 Å². The molecule has 136 valence electrons. The summed E-state index contributed by atoms with van der Waals surface area (Å²) < 4.78 is 1.51. The molecule has 3 heteroatoms. The van der Waals surface area contributed by atoms with E-state index in [1.165, 1.54) is 36.6 Å². The third-order valence-electron chi connectivity index (χ3n) is 3.65. The molecule has 0 aromatic heterocycles. The van der Waals surface area contributed by atoms with Gasteiger partial charge in [0.15, 0.2) is 0 Å². The minimum absolute atomic E-state index is 0. The van der Waals surface area contributed by atoms with Gasteiger partial charge in [-0.2, -0.15) is 42.0 Å². The van der Waals surface area contributed by atoms with Crippen LogP contribution in [0.2, 0.25) is 0 Å². The molecule has 0 radical (unpaired) electrons. The van der Waals surface area contributed by atoms with E-state index >= 15 is 0 Å². The van der Waals surface area contributed by atoms with Gasteiger partial charge in [-0.25, -0.2) is 12.1 Å². The van der Waals surface area contributed by atoms with Crippen LogP contribution in [0.5, 0.6) is 0 Å². The molecule has 0 spiro atoms. The zero-order valence-electron chi connectivity index (χ0n) is 15.7. The molecule has 1 aliphatic carbocycles. The maximum absolute atomic E-state index is 3.45. The molecule has 0 fully saturated rings. The van der Waals surface area contributed by atoms with E-state index in [1.54, 1.807) is 24.2 Å². The Balaban J connectivity index is 0.000000480. The van der Waals surface area contributed by atoms with Crippen LogP contribution in [-0.2, 0) is 30.7 Å². The van der Waals surface area contributed by atoms with Crippen molar-refractivity contribution in [3.05, 3.63) is 89.0 Å². The summed E-state index contributed by atoms with van der Waals surface area (Å²) in [5.41, 5.74) is 8.15. The van der Waals surface area contributed by atoms with Gasteiger partial charge in [0.1, 0.15) is 0 Å². The van der Waals surface area contributed by atoms with Gasteiger partial charge in [0.2, 0.25) is 0 Å². The maximum atomic E-state index is 3.45. The summed E-state index contributed by atoms with van der Waals surface area (Å²) in [7, 11) is 0. The van der Waals surface area contributed by atoms with Crippen LogP contribution in [0.1, 0.15) is 36.1 Å². The fourth-order valence-corrected chi connectivity index (χ4v) is 2.69. The summed E-state index contributed by atoms with van der Waals surface area (Å²) in [6.07, 6.45) is 1.05. The summed E-state index contributed by atoms with van der Waals surface area (Å²) in [4.78, 5) is 0. The fourth-order valence-electron chi connectivity index (χ4n) is 2.69. The standard InChI is InChI=1S/C15H13.C5H5.C3H6.2ClH.Zr/c1-10-3-5-14-12(7-10)9-13-8-11(2)4-6-15(13)14;1-2-4-5-3-1;1-3-2;;;/h3-7H,9H2,1-2H3;1-5H;1-2H3;2*1H;/q2*-1;;;;+2/p-2. The van der Waals surface area contributed by atoms with Gasteiger partial charge >= 0.3 is 41.3 Å². The van der Waals surface area contributed by atoms with Gasteiger partial charge in [-0.3, -0.25) is 0 Å². The van der Waals surface area contributed by atoms with Crippen LogP contribution in [0.25, 0.3) is 11.1 Å². The molecule has 0 N–H and O–H groups in total. The smallest absolute Gasteiger partial charge is 0.0253 e. The fraction of sp³-hybridized carbons (Fsp3) is 0.217. The monoisotopic (exact) mass is 460 g/mol. The molecule has 3 aromatic rings.